The highest BCUT2D eigenvalue weighted by atomic mass is 16.6. The number of methoxy groups -OCH3 is 1. The normalized spacial score (nSPS) is 25.1. The molecule has 4 atom stereocenters. The third kappa shape index (κ3) is 4.72. The zero-order valence-electron chi connectivity index (χ0n) is 15.1. The largest absolute Gasteiger partial charge is 0.496 e. The standard InChI is InChI=1S/C18H22O8/c1-10(19)24-15-9-23-16(13-7-5-6-8-14(13)22-4)18(26-12(3)21)17(15)25-11(2)20/h5-8,15-18H,9H2,1-4H3/t15-,16+,17-,18+/m1/s1. The molecule has 0 N–H and O–H groups in total. The second-order valence-corrected chi connectivity index (χ2v) is 5.79. The van der Waals surface area contributed by atoms with Crippen LogP contribution in [-0.2, 0) is 33.3 Å². The summed E-state index contributed by atoms with van der Waals surface area (Å²) in [6.07, 6.45) is -3.67. The van der Waals surface area contributed by atoms with Gasteiger partial charge in [0.25, 0.3) is 0 Å². The average molecular weight is 366 g/mol. The van der Waals surface area contributed by atoms with Crippen molar-refractivity contribution >= 4 is 17.9 Å². The van der Waals surface area contributed by atoms with Crippen molar-refractivity contribution < 1.29 is 38.1 Å². The van der Waals surface area contributed by atoms with Gasteiger partial charge < -0.3 is 23.7 Å². The zero-order valence-corrected chi connectivity index (χ0v) is 15.1. The minimum Gasteiger partial charge on any atom is -0.496 e. The minimum absolute atomic E-state index is 0.0298. The summed E-state index contributed by atoms with van der Waals surface area (Å²) in [5.74, 6) is -1.21. The van der Waals surface area contributed by atoms with Gasteiger partial charge in [-0.05, 0) is 6.07 Å². The number of benzene rings is 1. The van der Waals surface area contributed by atoms with E-state index in [4.69, 9.17) is 23.7 Å². The molecule has 1 fully saturated rings. The van der Waals surface area contributed by atoms with E-state index < -0.39 is 42.3 Å². The molecular weight excluding hydrogens is 344 g/mol. The van der Waals surface area contributed by atoms with Gasteiger partial charge >= 0.3 is 17.9 Å². The zero-order chi connectivity index (χ0) is 19.3. The summed E-state index contributed by atoms with van der Waals surface area (Å²) in [6, 6.07) is 7.07. The lowest BCUT2D eigenvalue weighted by Crippen LogP contribution is -2.54. The maximum absolute atomic E-state index is 11.6. The Morgan fingerprint density at radius 3 is 2.08 bits per heavy atom. The van der Waals surface area contributed by atoms with E-state index in [0.29, 0.717) is 11.3 Å². The molecule has 0 radical (unpaired) electrons. The van der Waals surface area contributed by atoms with E-state index in [1.54, 1.807) is 24.3 Å². The van der Waals surface area contributed by atoms with Crippen LogP contribution in [0.4, 0.5) is 0 Å². The van der Waals surface area contributed by atoms with Crippen molar-refractivity contribution in [2.45, 2.75) is 45.2 Å². The summed E-state index contributed by atoms with van der Waals surface area (Å²) in [6.45, 7) is 3.67. The average Bonchev–Trinajstić information content (AvgIpc) is 2.56. The number of hydrogen-bond acceptors (Lipinski definition) is 8. The Balaban J connectivity index is 2.43. The molecule has 26 heavy (non-hydrogen) atoms. The first kappa shape index (κ1) is 19.7. The predicted molar refractivity (Wildman–Crippen MR) is 88.3 cm³/mol. The van der Waals surface area contributed by atoms with Crippen LogP contribution >= 0.6 is 0 Å². The van der Waals surface area contributed by atoms with Crippen molar-refractivity contribution in [1.82, 2.24) is 0 Å². The van der Waals surface area contributed by atoms with Gasteiger partial charge in [0.05, 0.1) is 13.7 Å². The van der Waals surface area contributed by atoms with Crippen LogP contribution in [0.5, 0.6) is 5.75 Å². The van der Waals surface area contributed by atoms with Gasteiger partial charge in [-0.1, -0.05) is 18.2 Å². The Kier molecular flexibility index (Phi) is 6.57. The summed E-state index contributed by atoms with van der Waals surface area (Å²) in [7, 11) is 1.51. The fourth-order valence-corrected chi connectivity index (χ4v) is 2.91. The van der Waals surface area contributed by atoms with E-state index in [1.165, 1.54) is 27.9 Å². The van der Waals surface area contributed by atoms with E-state index in [-0.39, 0.29) is 6.61 Å². The van der Waals surface area contributed by atoms with E-state index >= 15 is 0 Å². The maximum Gasteiger partial charge on any atom is 0.303 e. The van der Waals surface area contributed by atoms with Gasteiger partial charge in [-0.2, -0.15) is 0 Å². The number of ether oxygens (including phenoxy) is 5. The lowest BCUT2D eigenvalue weighted by Gasteiger charge is -2.40. The molecule has 0 aromatic heterocycles. The fraction of sp³-hybridized carbons (Fsp3) is 0.500. The highest BCUT2D eigenvalue weighted by Crippen LogP contribution is 2.38. The number of rotatable bonds is 5. The lowest BCUT2D eigenvalue weighted by molar-refractivity contribution is -0.227. The van der Waals surface area contributed by atoms with Crippen molar-refractivity contribution in [3.8, 4) is 5.75 Å². The minimum atomic E-state index is -1.01. The fourth-order valence-electron chi connectivity index (χ4n) is 2.91. The van der Waals surface area contributed by atoms with Gasteiger partial charge in [0, 0.05) is 26.3 Å². The molecule has 0 aliphatic carbocycles. The third-order valence-corrected chi connectivity index (χ3v) is 3.80. The summed E-state index contributed by atoms with van der Waals surface area (Å²) in [4.78, 5) is 34.6. The van der Waals surface area contributed by atoms with Crippen LogP contribution in [0.3, 0.4) is 0 Å². The molecule has 1 aliphatic rings. The van der Waals surface area contributed by atoms with Gasteiger partial charge in [-0.3, -0.25) is 14.4 Å². The van der Waals surface area contributed by atoms with E-state index in [0.717, 1.165) is 0 Å². The second-order valence-electron chi connectivity index (χ2n) is 5.79. The van der Waals surface area contributed by atoms with E-state index in [2.05, 4.69) is 0 Å². The SMILES string of the molecule is COc1ccccc1[C@@H]1OC[C@@H](OC(C)=O)[C@@H](OC(C)=O)[C@H]1OC(C)=O. The lowest BCUT2D eigenvalue weighted by atomic mass is 9.93. The molecule has 1 aliphatic heterocycles. The molecule has 1 heterocycles. The molecule has 1 aromatic rings. The van der Waals surface area contributed by atoms with Crippen molar-refractivity contribution in [3.63, 3.8) is 0 Å². The first-order valence-electron chi connectivity index (χ1n) is 8.09. The molecule has 0 saturated carbocycles. The molecule has 0 spiro atoms. The molecule has 0 unspecified atom stereocenters. The Hall–Kier alpha value is -2.61. The highest BCUT2D eigenvalue weighted by molar-refractivity contribution is 5.68. The van der Waals surface area contributed by atoms with Gasteiger partial charge in [0.1, 0.15) is 11.9 Å². The van der Waals surface area contributed by atoms with Crippen LogP contribution in [0, 0.1) is 0 Å². The molecule has 142 valence electrons. The van der Waals surface area contributed by atoms with Crippen molar-refractivity contribution in [3.05, 3.63) is 29.8 Å². The Bertz CT molecular complexity index is 671. The van der Waals surface area contributed by atoms with Crippen molar-refractivity contribution in [2.24, 2.45) is 0 Å². The monoisotopic (exact) mass is 366 g/mol. The molecular formula is C18H22O8. The molecule has 2 rings (SSSR count). The van der Waals surface area contributed by atoms with Gasteiger partial charge in [0.2, 0.25) is 0 Å². The van der Waals surface area contributed by atoms with Crippen LogP contribution in [-0.4, -0.2) is 49.9 Å². The van der Waals surface area contributed by atoms with Gasteiger partial charge in [0.15, 0.2) is 18.3 Å². The molecule has 0 amide bonds. The number of esters is 3. The topological polar surface area (TPSA) is 97.4 Å². The first-order valence-corrected chi connectivity index (χ1v) is 8.09. The van der Waals surface area contributed by atoms with Crippen molar-refractivity contribution in [1.29, 1.82) is 0 Å². The van der Waals surface area contributed by atoms with Crippen molar-refractivity contribution in [2.75, 3.05) is 13.7 Å². The van der Waals surface area contributed by atoms with E-state index in [9.17, 15) is 14.4 Å². The quantitative estimate of drug-likeness (QED) is 0.572. The molecule has 1 aromatic carbocycles. The molecule has 1 saturated heterocycles. The van der Waals surface area contributed by atoms with Gasteiger partial charge in [-0.15, -0.1) is 0 Å². The van der Waals surface area contributed by atoms with Gasteiger partial charge in [-0.25, -0.2) is 0 Å². The summed E-state index contributed by atoms with van der Waals surface area (Å²) in [5.41, 5.74) is 0.625. The van der Waals surface area contributed by atoms with E-state index in [1.807, 2.05) is 0 Å². The number of para-hydroxylation sites is 1. The van der Waals surface area contributed by atoms with Crippen LogP contribution in [0.15, 0.2) is 24.3 Å². The maximum atomic E-state index is 11.6. The summed E-state index contributed by atoms with van der Waals surface area (Å²) >= 11 is 0. The second kappa shape index (κ2) is 8.66. The van der Waals surface area contributed by atoms with Crippen LogP contribution < -0.4 is 4.74 Å². The Morgan fingerprint density at radius 1 is 0.923 bits per heavy atom. The number of carbonyl (C=O) groups is 3. The van der Waals surface area contributed by atoms with Crippen LogP contribution in [0.25, 0.3) is 0 Å². The Labute approximate surface area is 151 Å². The summed E-state index contributed by atoms with van der Waals surface area (Å²) in [5, 5.41) is 0. The number of carbonyl (C=O) groups excluding carboxylic acids is 3. The predicted octanol–water partition coefficient (Wildman–Crippen LogP) is 1.56. The summed E-state index contributed by atoms with van der Waals surface area (Å²) < 4.78 is 27.1. The molecule has 8 nitrogen and oxygen atoms in total. The molecule has 0 bridgehead atoms. The Morgan fingerprint density at radius 2 is 1.50 bits per heavy atom. The molecule has 8 heteroatoms. The van der Waals surface area contributed by atoms with Crippen LogP contribution in [0.1, 0.15) is 32.4 Å². The number of hydrogen-bond donors (Lipinski definition) is 0. The highest BCUT2D eigenvalue weighted by Gasteiger charge is 2.48. The first-order chi connectivity index (χ1) is 12.3. The van der Waals surface area contributed by atoms with Crippen LogP contribution in [0.2, 0.25) is 0 Å². The third-order valence-electron chi connectivity index (χ3n) is 3.80. The smallest absolute Gasteiger partial charge is 0.303 e.